The van der Waals surface area contributed by atoms with Crippen LogP contribution in [0.2, 0.25) is 0 Å². The largest absolute Gasteiger partial charge is 0.465 e. The zero-order valence-corrected chi connectivity index (χ0v) is 21.8. The second kappa shape index (κ2) is 10.8. The molecule has 1 aromatic carbocycles. The van der Waals surface area contributed by atoms with Crippen LogP contribution in [-0.2, 0) is 30.4 Å². The van der Waals surface area contributed by atoms with Crippen LogP contribution in [0, 0.1) is 11.8 Å². The van der Waals surface area contributed by atoms with Gasteiger partial charge in [-0.25, -0.2) is 0 Å². The number of carbonyl (C=O) groups is 3. The fourth-order valence-electron chi connectivity index (χ4n) is 6.55. The molecule has 0 aliphatic carbocycles. The second-order valence-corrected chi connectivity index (χ2v) is 10.3. The average Bonchev–Trinajstić information content (AvgIpc) is 3.52. The Morgan fingerprint density at radius 2 is 2.00 bits per heavy atom. The molecule has 200 valence electrons. The number of hydrogen-bond acceptors (Lipinski definition) is 6. The number of carbonyl (C=O) groups excluding carboxylic acids is 3. The van der Waals surface area contributed by atoms with E-state index in [1.165, 1.54) is 4.90 Å². The monoisotopic (exact) mass is 510 g/mol. The van der Waals surface area contributed by atoms with Crippen molar-refractivity contribution in [3.05, 3.63) is 61.2 Å². The molecule has 4 rings (SSSR count). The number of aliphatic hydroxyl groups excluding tert-OH is 1. The number of ether oxygens (including phenoxy) is 2. The number of nitrogens with zero attached hydrogens (tertiary/aromatic N) is 2. The van der Waals surface area contributed by atoms with Gasteiger partial charge in [0, 0.05) is 13.1 Å². The van der Waals surface area contributed by atoms with Gasteiger partial charge in [0.2, 0.25) is 11.8 Å². The number of fused-ring (bicyclic) bond motifs is 1. The molecule has 3 fully saturated rings. The maximum Gasteiger partial charge on any atom is 0.312 e. The lowest BCUT2D eigenvalue weighted by Crippen LogP contribution is -2.58. The lowest BCUT2D eigenvalue weighted by atomic mass is 9.65. The third-order valence-electron chi connectivity index (χ3n) is 8.29. The summed E-state index contributed by atoms with van der Waals surface area (Å²) in [7, 11) is 0. The van der Waals surface area contributed by atoms with E-state index < -0.39 is 41.1 Å². The first-order valence-electron chi connectivity index (χ1n) is 13.1. The van der Waals surface area contributed by atoms with Crippen LogP contribution < -0.4 is 0 Å². The second-order valence-electron chi connectivity index (χ2n) is 10.3. The standard InChI is InChI=1S/C29H38N2O6/c1-5-8-17-36-27(35)23-22-25(33)31(20(4)19-32)24(29(22)15-14-28(23,7-3)37-29)26(34)30(16-6-2)18-21-12-10-9-11-13-21/h5-6,9-13,20,22-24,32H,1-2,7-8,14-19H2,3-4H3/t20-,22+,23+,24?,28-,29?/m1/s1. The summed E-state index contributed by atoms with van der Waals surface area (Å²) in [5.41, 5.74) is -1.07. The van der Waals surface area contributed by atoms with Gasteiger partial charge in [0.1, 0.15) is 17.6 Å². The summed E-state index contributed by atoms with van der Waals surface area (Å²) in [5, 5.41) is 10.1. The van der Waals surface area contributed by atoms with Crippen molar-refractivity contribution in [3.8, 4) is 0 Å². The fraction of sp³-hybridized carbons (Fsp3) is 0.552. The molecule has 0 saturated carbocycles. The molecule has 8 nitrogen and oxygen atoms in total. The molecule has 1 N–H and O–H groups in total. The first-order valence-corrected chi connectivity index (χ1v) is 13.1. The lowest BCUT2D eigenvalue weighted by molar-refractivity contribution is -0.163. The normalized spacial score (nSPS) is 30.6. The van der Waals surface area contributed by atoms with E-state index in [2.05, 4.69) is 13.2 Å². The third-order valence-corrected chi connectivity index (χ3v) is 8.29. The minimum atomic E-state index is -1.16. The number of esters is 1. The highest BCUT2D eigenvalue weighted by molar-refractivity contribution is 5.98. The van der Waals surface area contributed by atoms with Crippen LogP contribution in [-0.4, -0.2) is 75.7 Å². The van der Waals surface area contributed by atoms with Crippen LogP contribution in [0.15, 0.2) is 55.6 Å². The Morgan fingerprint density at radius 1 is 1.27 bits per heavy atom. The lowest BCUT2D eigenvalue weighted by Gasteiger charge is -2.38. The number of benzene rings is 1. The molecule has 0 aromatic heterocycles. The number of aliphatic hydroxyl groups is 1. The Labute approximate surface area is 218 Å². The van der Waals surface area contributed by atoms with E-state index in [0.717, 1.165) is 5.56 Å². The molecule has 3 aliphatic heterocycles. The fourth-order valence-corrected chi connectivity index (χ4v) is 6.55. The first kappa shape index (κ1) is 27.1. The Kier molecular flexibility index (Phi) is 7.90. The average molecular weight is 511 g/mol. The zero-order chi connectivity index (χ0) is 26.8. The Bertz CT molecular complexity index is 1040. The highest BCUT2D eigenvalue weighted by atomic mass is 16.6. The smallest absolute Gasteiger partial charge is 0.312 e. The summed E-state index contributed by atoms with van der Waals surface area (Å²) in [6.45, 7) is 11.6. The zero-order valence-electron chi connectivity index (χ0n) is 21.8. The van der Waals surface area contributed by atoms with E-state index in [-0.39, 0.29) is 31.6 Å². The third kappa shape index (κ3) is 4.40. The molecule has 6 atom stereocenters. The van der Waals surface area contributed by atoms with E-state index >= 15 is 0 Å². The molecule has 37 heavy (non-hydrogen) atoms. The highest BCUT2D eigenvalue weighted by Crippen LogP contribution is 2.64. The summed E-state index contributed by atoms with van der Waals surface area (Å²) in [4.78, 5) is 44.9. The minimum Gasteiger partial charge on any atom is -0.465 e. The molecule has 8 heteroatoms. The highest BCUT2D eigenvalue weighted by Gasteiger charge is 2.79. The quantitative estimate of drug-likeness (QED) is 0.264. The van der Waals surface area contributed by atoms with Crippen molar-refractivity contribution in [1.82, 2.24) is 9.80 Å². The predicted molar refractivity (Wildman–Crippen MR) is 138 cm³/mol. The van der Waals surface area contributed by atoms with Gasteiger partial charge in [0.15, 0.2) is 0 Å². The van der Waals surface area contributed by atoms with Crippen LogP contribution in [0.4, 0.5) is 0 Å². The summed E-state index contributed by atoms with van der Waals surface area (Å²) in [6.07, 6.45) is 5.39. The molecule has 2 amide bonds. The topological polar surface area (TPSA) is 96.4 Å². The van der Waals surface area contributed by atoms with Gasteiger partial charge in [-0.1, -0.05) is 49.4 Å². The van der Waals surface area contributed by atoms with Crippen LogP contribution in [0.5, 0.6) is 0 Å². The van der Waals surface area contributed by atoms with Crippen molar-refractivity contribution in [2.45, 2.75) is 69.4 Å². The van der Waals surface area contributed by atoms with E-state index in [1.54, 1.807) is 24.0 Å². The number of rotatable bonds is 12. The molecule has 2 bridgehead atoms. The van der Waals surface area contributed by atoms with Gasteiger partial charge in [0.05, 0.1) is 30.8 Å². The van der Waals surface area contributed by atoms with Gasteiger partial charge >= 0.3 is 5.97 Å². The molecule has 0 radical (unpaired) electrons. The molecule has 3 aliphatic rings. The van der Waals surface area contributed by atoms with Gasteiger partial charge in [-0.2, -0.15) is 0 Å². The maximum atomic E-state index is 14.3. The van der Waals surface area contributed by atoms with Gasteiger partial charge in [-0.05, 0) is 38.2 Å². The Hall–Kier alpha value is -2.97. The molecular formula is C29H38N2O6. The molecule has 3 heterocycles. The van der Waals surface area contributed by atoms with Crippen LogP contribution >= 0.6 is 0 Å². The number of amides is 2. The molecule has 2 unspecified atom stereocenters. The summed E-state index contributed by atoms with van der Waals surface area (Å²) >= 11 is 0. The van der Waals surface area contributed by atoms with Crippen LogP contribution in [0.25, 0.3) is 0 Å². The van der Waals surface area contributed by atoms with Gasteiger partial charge < -0.3 is 24.4 Å². The Balaban J connectivity index is 1.75. The minimum absolute atomic E-state index is 0.176. The Morgan fingerprint density at radius 3 is 2.62 bits per heavy atom. The summed E-state index contributed by atoms with van der Waals surface area (Å²) < 4.78 is 12.3. The number of hydrogen-bond donors (Lipinski definition) is 1. The van der Waals surface area contributed by atoms with E-state index in [4.69, 9.17) is 9.47 Å². The summed E-state index contributed by atoms with van der Waals surface area (Å²) in [5.74, 6) is -2.73. The maximum absolute atomic E-state index is 14.3. The van der Waals surface area contributed by atoms with Gasteiger partial charge in [-0.15, -0.1) is 13.2 Å². The molecule has 1 spiro atoms. The van der Waals surface area contributed by atoms with Crippen molar-refractivity contribution in [2.75, 3.05) is 19.8 Å². The van der Waals surface area contributed by atoms with Crippen molar-refractivity contribution in [3.63, 3.8) is 0 Å². The van der Waals surface area contributed by atoms with Crippen LogP contribution in [0.1, 0.15) is 45.1 Å². The molecular weight excluding hydrogens is 472 g/mol. The van der Waals surface area contributed by atoms with E-state index in [1.807, 2.05) is 37.3 Å². The van der Waals surface area contributed by atoms with Crippen LogP contribution in [0.3, 0.4) is 0 Å². The predicted octanol–water partition coefficient (Wildman–Crippen LogP) is 2.86. The molecule has 1 aromatic rings. The van der Waals surface area contributed by atoms with Crippen molar-refractivity contribution in [1.29, 1.82) is 0 Å². The van der Waals surface area contributed by atoms with Crippen molar-refractivity contribution in [2.24, 2.45) is 11.8 Å². The van der Waals surface area contributed by atoms with Gasteiger partial charge in [0.25, 0.3) is 0 Å². The SMILES string of the molecule is C=CCCOC(=O)[C@@H]1[C@H]2C(=O)N([C@H](C)CO)C(C(=O)N(CC=C)Cc3ccccc3)C23CC[C@@]1(CC)O3. The van der Waals surface area contributed by atoms with Gasteiger partial charge in [-0.3, -0.25) is 14.4 Å². The van der Waals surface area contributed by atoms with Crippen molar-refractivity contribution < 1.29 is 29.0 Å². The number of likely N-dealkylation sites (tertiary alicyclic amines) is 1. The summed E-state index contributed by atoms with van der Waals surface area (Å²) in [6, 6.07) is 8.03. The van der Waals surface area contributed by atoms with Crippen molar-refractivity contribution >= 4 is 17.8 Å². The van der Waals surface area contributed by atoms with E-state index in [9.17, 15) is 19.5 Å². The van der Waals surface area contributed by atoms with E-state index in [0.29, 0.717) is 32.2 Å². The first-order chi connectivity index (χ1) is 17.8. The molecule has 3 saturated heterocycles.